The summed E-state index contributed by atoms with van der Waals surface area (Å²) >= 11 is 2.20. The molecule has 0 atom stereocenters. The van der Waals surface area contributed by atoms with E-state index in [9.17, 15) is 8.42 Å². The molecular weight excluding hydrogens is 712 g/mol. The largest absolute Gasteiger partial charge is 0.494 e. The first-order valence-corrected chi connectivity index (χ1v) is 21.2. The van der Waals surface area contributed by atoms with E-state index in [1.165, 1.54) is 30.8 Å². The number of nitrogens with one attached hydrogen (secondary N) is 1. The number of halogens is 2. The average Bonchev–Trinajstić information content (AvgIpc) is 3.76. The van der Waals surface area contributed by atoms with Gasteiger partial charge in [-0.05, 0) is 82.8 Å². The van der Waals surface area contributed by atoms with Crippen molar-refractivity contribution in [2.45, 2.75) is 57.7 Å². The molecule has 0 unspecified atom stereocenters. The molecule has 0 aliphatic heterocycles. The maximum atomic E-state index is 15.1. The van der Waals surface area contributed by atoms with Crippen LogP contribution in [0.25, 0.3) is 22.2 Å². The van der Waals surface area contributed by atoms with Gasteiger partial charge in [-0.2, -0.15) is 5.10 Å². The second kappa shape index (κ2) is 12.9. The van der Waals surface area contributed by atoms with E-state index in [4.69, 9.17) is 19.6 Å². The zero-order valence-corrected chi connectivity index (χ0v) is 29.9. The standard InChI is InChI=1S/C31H39FIN5O4SSi/c1-37(43(3,39)40)26-10-8-7-9-21(26)18-34-31-29-27(38(36-30(29)33)19-42-13-14-44(4,5)6)17-25(35-31)23-15-24(32)28(41-2)16-22(23)20-11-12-20/h7-10,15-17,20H,11-14,18-19H2,1-6H3,(H,34,35). The van der Waals surface area contributed by atoms with Gasteiger partial charge in [0.25, 0.3) is 0 Å². The van der Waals surface area contributed by atoms with Gasteiger partial charge in [0.2, 0.25) is 10.0 Å². The number of ether oxygens (including phenoxy) is 2. The number of sulfonamides is 1. The Bertz CT molecular complexity index is 1790. The van der Waals surface area contributed by atoms with Crippen molar-refractivity contribution in [3.8, 4) is 17.0 Å². The number of nitrogens with zero attached hydrogens (tertiary/aromatic N) is 4. The molecule has 0 spiro atoms. The SMILES string of the molecule is COc1cc(C2CC2)c(-c2cc3c(c(I)nn3COCC[Si](C)(C)C)c(NCc3ccccc3N(C)S(C)(=O)=O)n2)cc1F. The molecule has 1 fully saturated rings. The normalized spacial score (nSPS) is 13.8. The molecule has 1 aliphatic carbocycles. The highest BCUT2D eigenvalue weighted by Gasteiger charge is 2.29. The van der Waals surface area contributed by atoms with E-state index in [1.807, 2.05) is 28.9 Å². The maximum Gasteiger partial charge on any atom is 0.232 e. The summed E-state index contributed by atoms with van der Waals surface area (Å²) in [6.45, 7) is 8.18. The van der Waals surface area contributed by atoms with Crippen LogP contribution in [0.2, 0.25) is 25.7 Å². The van der Waals surface area contributed by atoms with Crippen molar-refractivity contribution in [2.24, 2.45) is 0 Å². The topological polar surface area (TPSA) is 98.6 Å². The highest BCUT2D eigenvalue weighted by Crippen LogP contribution is 2.46. The van der Waals surface area contributed by atoms with Gasteiger partial charge in [-0.3, -0.25) is 4.31 Å². The first-order valence-electron chi connectivity index (χ1n) is 14.5. The molecule has 0 radical (unpaired) electrons. The summed E-state index contributed by atoms with van der Waals surface area (Å²) in [5, 5.41) is 9.07. The molecule has 1 N–H and O–H groups in total. The minimum atomic E-state index is -3.46. The lowest BCUT2D eigenvalue weighted by atomic mass is 9.99. The third kappa shape index (κ3) is 7.37. The Labute approximate surface area is 273 Å². The lowest BCUT2D eigenvalue weighted by Gasteiger charge is -2.21. The van der Waals surface area contributed by atoms with Crippen molar-refractivity contribution >= 4 is 63.1 Å². The van der Waals surface area contributed by atoms with Crippen LogP contribution in [0.15, 0.2) is 42.5 Å². The average molecular weight is 752 g/mol. The van der Waals surface area contributed by atoms with Gasteiger partial charge in [0, 0.05) is 33.8 Å². The van der Waals surface area contributed by atoms with Gasteiger partial charge in [-0.25, -0.2) is 22.5 Å². The van der Waals surface area contributed by atoms with Crippen molar-refractivity contribution < 1.29 is 22.3 Å². The monoisotopic (exact) mass is 751 g/mol. The van der Waals surface area contributed by atoms with Gasteiger partial charge < -0.3 is 14.8 Å². The van der Waals surface area contributed by atoms with E-state index in [0.29, 0.717) is 36.3 Å². The maximum absolute atomic E-state index is 15.1. The molecule has 1 aliphatic rings. The van der Waals surface area contributed by atoms with Crippen LogP contribution in [-0.2, 0) is 28.0 Å². The number of aromatic nitrogens is 3. The van der Waals surface area contributed by atoms with Gasteiger partial charge in [-0.1, -0.05) is 37.8 Å². The van der Waals surface area contributed by atoms with E-state index < -0.39 is 23.9 Å². The van der Waals surface area contributed by atoms with E-state index in [2.05, 4.69) is 47.5 Å². The fourth-order valence-corrected chi connectivity index (χ4v) is 7.13. The van der Waals surface area contributed by atoms with Gasteiger partial charge in [0.15, 0.2) is 11.6 Å². The third-order valence-electron chi connectivity index (χ3n) is 7.79. The quantitative estimate of drug-likeness (QED) is 0.0889. The molecule has 1 saturated carbocycles. The molecule has 0 amide bonds. The molecule has 9 nitrogen and oxygen atoms in total. The summed E-state index contributed by atoms with van der Waals surface area (Å²) in [5.74, 6) is 0.669. The summed E-state index contributed by atoms with van der Waals surface area (Å²) in [4.78, 5) is 5.04. The smallest absolute Gasteiger partial charge is 0.232 e. The fraction of sp³-hybridized carbons (Fsp3) is 0.419. The summed E-state index contributed by atoms with van der Waals surface area (Å²) in [5.41, 5.74) is 4.51. The van der Waals surface area contributed by atoms with E-state index in [1.54, 1.807) is 12.1 Å². The third-order valence-corrected chi connectivity index (χ3v) is 11.4. The minimum absolute atomic E-state index is 0.220. The number of para-hydroxylation sites is 1. The lowest BCUT2D eigenvalue weighted by molar-refractivity contribution is 0.0814. The fourth-order valence-electron chi connectivity index (χ4n) is 5.05. The van der Waals surface area contributed by atoms with Crippen LogP contribution in [0.1, 0.15) is 29.9 Å². The first kappa shape index (κ1) is 32.6. The molecule has 5 rings (SSSR count). The van der Waals surface area contributed by atoms with Gasteiger partial charge in [0.05, 0.1) is 35.6 Å². The number of methoxy groups -OCH3 is 1. The summed E-state index contributed by atoms with van der Waals surface area (Å²) in [6, 6.07) is 13.6. The van der Waals surface area contributed by atoms with Crippen LogP contribution in [0, 0.1) is 9.52 Å². The molecule has 236 valence electrons. The van der Waals surface area contributed by atoms with Gasteiger partial charge in [0.1, 0.15) is 16.2 Å². The Hall–Kier alpha value is -2.75. The predicted octanol–water partition coefficient (Wildman–Crippen LogP) is 7.05. The molecular formula is C31H39FIN5O4SSi. The van der Waals surface area contributed by atoms with E-state index >= 15 is 4.39 Å². The van der Waals surface area contributed by atoms with Gasteiger partial charge >= 0.3 is 0 Å². The summed E-state index contributed by atoms with van der Waals surface area (Å²) < 4.78 is 55.0. The molecule has 4 aromatic rings. The molecule has 44 heavy (non-hydrogen) atoms. The first-order chi connectivity index (χ1) is 20.8. The Morgan fingerprint density at radius 2 is 1.91 bits per heavy atom. The molecule has 13 heteroatoms. The second-order valence-corrected chi connectivity index (χ2v) is 21.1. The Balaban J connectivity index is 1.59. The molecule has 0 saturated heterocycles. The number of hydrogen-bond acceptors (Lipinski definition) is 7. The number of benzene rings is 2. The zero-order valence-electron chi connectivity index (χ0n) is 25.9. The molecule has 0 bridgehead atoms. The Morgan fingerprint density at radius 1 is 1.18 bits per heavy atom. The van der Waals surface area contributed by atoms with Crippen LogP contribution < -0.4 is 14.4 Å². The number of rotatable bonds is 13. The zero-order chi connectivity index (χ0) is 31.8. The lowest BCUT2D eigenvalue weighted by Crippen LogP contribution is -2.26. The number of fused-ring (bicyclic) bond motifs is 1. The van der Waals surface area contributed by atoms with E-state index in [-0.39, 0.29) is 12.5 Å². The van der Waals surface area contributed by atoms with Crippen LogP contribution in [-0.4, -0.2) is 58.3 Å². The highest BCUT2D eigenvalue weighted by molar-refractivity contribution is 14.1. The van der Waals surface area contributed by atoms with Crippen molar-refractivity contribution in [1.82, 2.24) is 14.8 Å². The Morgan fingerprint density at radius 3 is 2.57 bits per heavy atom. The van der Waals surface area contributed by atoms with Crippen LogP contribution >= 0.6 is 22.6 Å². The van der Waals surface area contributed by atoms with E-state index in [0.717, 1.165) is 50.2 Å². The second-order valence-electron chi connectivity index (χ2n) is 12.4. The number of pyridine rings is 1. The molecule has 2 aromatic carbocycles. The van der Waals surface area contributed by atoms with Gasteiger partial charge in [-0.15, -0.1) is 0 Å². The van der Waals surface area contributed by atoms with Crippen molar-refractivity contribution in [3.63, 3.8) is 0 Å². The van der Waals surface area contributed by atoms with Crippen LogP contribution in [0.5, 0.6) is 5.75 Å². The Kier molecular flexibility index (Phi) is 9.59. The van der Waals surface area contributed by atoms with Crippen molar-refractivity contribution in [2.75, 3.05) is 36.6 Å². The van der Waals surface area contributed by atoms with Crippen LogP contribution in [0.3, 0.4) is 0 Å². The van der Waals surface area contributed by atoms with Crippen LogP contribution in [0.4, 0.5) is 15.9 Å². The highest BCUT2D eigenvalue weighted by atomic mass is 127. The number of anilines is 2. The minimum Gasteiger partial charge on any atom is -0.494 e. The van der Waals surface area contributed by atoms with Crippen molar-refractivity contribution in [3.05, 3.63) is 63.1 Å². The summed E-state index contributed by atoms with van der Waals surface area (Å²) in [7, 11) is -1.71. The summed E-state index contributed by atoms with van der Waals surface area (Å²) in [6.07, 6.45) is 3.24. The molecule has 2 heterocycles. The number of hydrogen-bond donors (Lipinski definition) is 1. The van der Waals surface area contributed by atoms with Crippen molar-refractivity contribution in [1.29, 1.82) is 0 Å². The molecule has 2 aromatic heterocycles. The predicted molar refractivity (Wildman–Crippen MR) is 185 cm³/mol.